The molecule has 2 atom stereocenters. The summed E-state index contributed by atoms with van der Waals surface area (Å²) in [5.74, 6) is -0.768. The SMILES string of the molecule is CC(C)(Oc1ccccc1C(F)(F)F)C(=N)N(C#N)C1C2CC3CC1CC(S(N)(=O)=O)(C3)C2. The number of sulfonamides is 1. The Balaban J connectivity index is 1.61. The van der Waals surface area contributed by atoms with Gasteiger partial charge >= 0.3 is 6.18 Å². The van der Waals surface area contributed by atoms with Crippen LogP contribution in [0.5, 0.6) is 5.75 Å². The second kappa shape index (κ2) is 7.60. The number of hydrogen-bond donors (Lipinski definition) is 2. The molecule has 2 unspecified atom stereocenters. The Morgan fingerprint density at radius 2 is 1.79 bits per heavy atom. The van der Waals surface area contributed by atoms with Crippen LogP contribution in [0, 0.1) is 34.6 Å². The summed E-state index contributed by atoms with van der Waals surface area (Å²) in [6.07, 6.45) is 0.0676. The predicted octanol–water partition coefficient (Wildman–Crippen LogP) is 3.86. The molecule has 4 aliphatic rings. The summed E-state index contributed by atoms with van der Waals surface area (Å²) in [7, 11) is -3.77. The van der Waals surface area contributed by atoms with E-state index >= 15 is 0 Å². The van der Waals surface area contributed by atoms with Crippen molar-refractivity contribution >= 4 is 15.9 Å². The topological polar surface area (TPSA) is 120 Å². The lowest BCUT2D eigenvalue weighted by Crippen LogP contribution is -2.66. The van der Waals surface area contributed by atoms with Gasteiger partial charge in [0, 0.05) is 0 Å². The van der Waals surface area contributed by atoms with Crippen molar-refractivity contribution in [3.05, 3.63) is 29.8 Å². The Kier molecular flexibility index (Phi) is 5.49. The first kappa shape index (κ1) is 23.8. The van der Waals surface area contributed by atoms with E-state index in [1.807, 2.05) is 6.19 Å². The molecule has 1 aromatic rings. The normalized spacial score (nSPS) is 31.2. The molecule has 180 valence electrons. The highest BCUT2D eigenvalue weighted by Crippen LogP contribution is 2.59. The second-order valence-corrected chi connectivity index (χ2v) is 12.1. The number of primary sulfonamides is 1. The van der Waals surface area contributed by atoms with E-state index in [-0.39, 0.29) is 23.6 Å². The molecule has 5 rings (SSSR count). The van der Waals surface area contributed by atoms with E-state index < -0.39 is 43.9 Å². The van der Waals surface area contributed by atoms with Gasteiger partial charge in [-0.2, -0.15) is 18.4 Å². The number of nitrogens with one attached hydrogen (secondary N) is 1. The van der Waals surface area contributed by atoms with Gasteiger partial charge in [0.25, 0.3) is 0 Å². The summed E-state index contributed by atoms with van der Waals surface area (Å²) in [5.41, 5.74) is -2.50. The number of nitrogens with zero attached hydrogens (tertiary/aromatic N) is 2. The molecule has 0 radical (unpaired) electrons. The number of rotatable bonds is 5. The second-order valence-electron chi connectivity index (χ2n) is 10.1. The molecular weight excluding hydrogens is 457 g/mol. The van der Waals surface area contributed by atoms with Gasteiger partial charge in [-0.3, -0.25) is 10.3 Å². The number of halogens is 3. The zero-order valence-electron chi connectivity index (χ0n) is 18.4. The fraction of sp³-hybridized carbons (Fsp3) is 0.636. The van der Waals surface area contributed by atoms with E-state index in [0.29, 0.717) is 19.3 Å². The molecule has 4 bridgehead atoms. The van der Waals surface area contributed by atoms with Crippen molar-refractivity contribution in [2.75, 3.05) is 0 Å². The van der Waals surface area contributed by atoms with Crippen molar-refractivity contribution in [2.24, 2.45) is 22.9 Å². The average Bonchev–Trinajstić information content (AvgIpc) is 2.68. The largest absolute Gasteiger partial charge is 0.479 e. The smallest absolute Gasteiger partial charge is 0.419 e. The number of benzene rings is 1. The minimum absolute atomic E-state index is 0.146. The number of hydrogen-bond acceptors (Lipinski definition) is 5. The highest BCUT2D eigenvalue weighted by molar-refractivity contribution is 7.90. The molecule has 11 heteroatoms. The lowest BCUT2D eigenvalue weighted by Gasteiger charge is -2.60. The van der Waals surface area contributed by atoms with Gasteiger partial charge in [0.15, 0.2) is 17.6 Å². The third-order valence-electron chi connectivity index (χ3n) is 7.55. The van der Waals surface area contributed by atoms with Crippen molar-refractivity contribution in [2.45, 2.75) is 68.5 Å². The third kappa shape index (κ3) is 3.97. The van der Waals surface area contributed by atoms with Gasteiger partial charge < -0.3 is 4.74 Å². The fourth-order valence-corrected chi connectivity index (χ4v) is 7.72. The summed E-state index contributed by atoms with van der Waals surface area (Å²) in [6, 6.07) is 4.35. The van der Waals surface area contributed by atoms with Crippen LogP contribution in [0.15, 0.2) is 24.3 Å². The number of alkyl halides is 3. The van der Waals surface area contributed by atoms with Crippen LogP contribution < -0.4 is 9.88 Å². The Labute approximate surface area is 191 Å². The fourth-order valence-electron chi connectivity index (χ4n) is 6.36. The first-order valence-electron chi connectivity index (χ1n) is 10.8. The van der Waals surface area contributed by atoms with Gasteiger partial charge in [-0.1, -0.05) is 12.1 Å². The molecule has 0 amide bonds. The van der Waals surface area contributed by atoms with Crippen molar-refractivity contribution in [1.82, 2.24) is 4.90 Å². The summed E-state index contributed by atoms with van der Waals surface area (Å²) in [6.45, 7) is 2.91. The molecule has 7 nitrogen and oxygen atoms in total. The summed E-state index contributed by atoms with van der Waals surface area (Å²) >= 11 is 0. The van der Waals surface area contributed by atoms with Crippen LogP contribution in [-0.2, 0) is 16.2 Å². The van der Waals surface area contributed by atoms with E-state index in [1.54, 1.807) is 0 Å². The molecule has 4 aliphatic carbocycles. The van der Waals surface area contributed by atoms with E-state index in [4.69, 9.17) is 15.3 Å². The lowest BCUT2D eigenvalue weighted by molar-refractivity contribution is -0.139. The molecule has 0 aliphatic heterocycles. The average molecular weight is 485 g/mol. The Bertz CT molecular complexity index is 1100. The summed E-state index contributed by atoms with van der Waals surface area (Å²) < 4.78 is 69.7. The third-order valence-corrected chi connectivity index (χ3v) is 9.25. The van der Waals surface area contributed by atoms with Gasteiger partial charge in [0.1, 0.15) is 5.75 Å². The van der Waals surface area contributed by atoms with Crippen molar-refractivity contribution in [3.63, 3.8) is 0 Å². The standard InChI is InChI=1S/C22H27F3N4O3S/c1-20(2,32-17-6-4-3-5-16(17)22(23,24)25)19(27)29(12-26)18-14-7-13-8-15(18)11-21(9-13,10-14)33(28,30)31/h3-6,13-15,18,27H,7-11H2,1-2H3,(H2,28,30,31). The van der Waals surface area contributed by atoms with Crippen LogP contribution in [0.3, 0.4) is 0 Å². The first-order valence-corrected chi connectivity index (χ1v) is 12.4. The molecule has 0 heterocycles. The zero-order valence-corrected chi connectivity index (χ0v) is 19.2. The summed E-state index contributed by atoms with van der Waals surface area (Å²) in [5, 5.41) is 24.3. The van der Waals surface area contributed by atoms with Crippen LogP contribution in [0.2, 0.25) is 0 Å². The van der Waals surface area contributed by atoms with Gasteiger partial charge in [0.2, 0.25) is 10.0 Å². The van der Waals surface area contributed by atoms with Crippen LogP contribution in [0.1, 0.15) is 51.5 Å². The monoisotopic (exact) mass is 484 g/mol. The maximum Gasteiger partial charge on any atom is 0.419 e. The molecule has 1 aromatic carbocycles. The van der Waals surface area contributed by atoms with Crippen molar-refractivity contribution < 1.29 is 26.3 Å². The Morgan fingerprint density at radius 1 is 1.21 bits per heavy atom. The maximum absolute atomic E-state index is 13.4. The van der Waals surface area contributed by atoms with E-state index in [0.717, 1.165) is 18.9 Å². The number of para-hydroxylation sites is 1. The van der Waals surface area contributed by atoms with Crippen molar-refractivity contribution in [1.29, 1.82) is 10.7 Å². The zero-order chi connectivity index (χ0) is 24.4. The molecule has 33 heavy (non-hydrogen) atoms. The molecular formula is C22H27F3N4O3S. The van der Waals surface area contributed by atoms with E-state index in [9.17, 15) is 26.9 Å². The van der Waals surface area contributed by atoms with Gasteiger partial charge in [-0.15, -0.1) is 0 Å². The maximum atomic E-state index is 13.4. The van der Waals surface area contributed by atoms with Crippen LogP contribution >= 0.6 is 0 Å². The van der Waals surface area contributed by atoms with Crippen molar-refractivity contribution in [3.8, 4) is 11.9 Å². The highest BCUT2D eigenvalue weighted by Gasteiger charge is 2.62. The van der Waals surface area contributed by atoms with Crippen LogP contribution in [0.4, 0.5) is 13.2 Å². The quantitative estimate of drug-likeness (QED) is 0.285. The predicted molar refractivity (Wildman–Crippen MR) is 115 cm³/mol. The van der Waals surface area contributed by atoms with Crippen LogP contribution in [-0.4, -0.2) is 35.5 Å². The first-order chi connectivity index (χ1) is 15.2. The molecule has 4 saturated carbocycles. The molecule has 3 N–H and O–H groups in total. The number of amidine groups is 1. The van der Waals surface area contributed by atoms with E-state index in [2.05, 4.69) is 0 Å². The number of ether oxygens (including phenoxy) is 1. The number of nitrogens with two attached hydrogens (primary N) is 1. The Hall–Kier alpha value is -2.32. The minimum Gasteiger partial charge on any atom is -0.479 e. The van der Waals surface area contributed by atoms with Gasteiger partial charge in [-0.25, -0.2) is 13.6 Å². The van der Waals surface area contributed by atoms with E-state index in [1.165, 1.54) is 36.9 Å². The molecule has 0 saturated heterocycles. The van der Waals surface area contributed by atoms with Gasteiger partial charge in [-0.05, 0) is 75.8 Å². The van der Waals surface area contributed by atoms with Crippen LogP contribution in [0.25, 0.3) is 0 Å². The highest BCUT2D eigenvalue weighted by atomic mass is 32.2. The molecule has 0 spiro atoms. The minimum atomic E-state index is -4.63. The Morgan fingerprint density at radius 3 is 2.30 bits per heavy atom. The lowest BCUT2D eigenvalue weighted by atomic mass is 9.53. The van der Waals surface area contributed by atoms with Gasteiger partial charge in [0.05, 0.1) is 16.4 Å². The molecule has 0 aromatic heterocycles. The number of nitriles is 1. The molecule has 4 fully saturated rings. The summed E-state index contributed by atoms with van der Waals surface area (Å²) in [4.78, 5) is 1.22.